The summed E-state index contributed by atoms with van der Waals surface area (Å²) >= 11 is 0. The molecule has 0 atom stereocenters. The molecule has 13 aromatic rings. The Bertz CT molecular complexity index is 4150. The lowest BCUT2D eigenvalue weighted by Crippen LogP contribution is -2.12. The quantitative estimate of drug-likeness (QED) is 0.127. The van der Waals surface area contributed by atoms with E-state index in [2.05, 4.69) is 78.9 Å². The molecule has 0 fully saturated rings. The van der Waals surface area contributed by atoms with Crippen molar-refractivity contribution < 1.29 is 13.2 Å². The average Bonchev–Trinajstić information content (AvgIpc) is 3.85. The molecule has 0 saturated heterocycles. The highest BCUT2D eigenvalue weighted by Gasteiger charge is 2.26. The molecular weight excluding hydrogens is 899 g/mol. The molecular formula is C68H44F2N2O. The van der Waals surface area contributed by atoms with Crippen molar-refractivity contribution in [2.24, 2.45) is 0 Å². The van der Waals surface area contributed by atoms with Crippen molar-refractivity contribution in [3.05, 3.63) is 279 Å². The van der Waals surface area contributed by atoms with Gasteiger partial charge in [-0.25, -0.2) is 8.78 Å². The van der Waals surface area contributed by atoms with Crippen LogP contribution in [-0.2, 0) is 0 Å². The first-order valence-corrected chi connectivity index (χ1v) is 24.5. The second-order valence-corrected chi connectivity index (χ2v) is 18.3. The molecule has 0 bridgehead atoms. The van der Waals surface area contributed by atoms with Crippen LogP contribution in [0.15, 0.2) is 271 Å². The van der Waals surface area contributed by atoms with Crippen molar-refractivity contribution in [1.82, 2.24) is 0 Å². The summed E-state index contributed by atoms with van der Waals surface area (Å²) in [7, 11) is 0. The fourth-order valence-electron chi connectivity index (χ4n) is 10.5. The third-order valence-electron chi connectivity index (χ3n) is 13.9. The Labute approximate surface area is 421 Å². The van der Waals surface area contributed by atoms with E-state index in [0.29, 0.717) is 28.1 Å². The van der Waals surface area contributed by atoms with Gasteiger partial charge < -0.3 is 14.2 Å². The normalized spacial score (nSPS) is 11.4. The van der Waals surface area contributed by atoms with E-state index < -0.39 is 0 Å². The molecule has 0 unspecified atom stereocenters. The summed E-state index contributed by atoms with van der Waals surface area (Å²) in [6.45, 7) is 0. The average molecular weight is 943 g/mol. The van der Waals surface area contributed by atoms with Gasteiger partial charge in [0.05, 0.1) is 11.4 Å². The maximum atomic E-state index is 17.6. The molecule has 0 radical (unpaired) electrons. The highest BCUT2D eigenvalue weighted by atomic mass is 19.1. The number of fused-ring (bicyclic) bond motifs is 8. The van der Waals surface area contributed by atoms with Crippen LogP contribution in [0, 0.1) is 11.6 Å². The monoisotopic (exact) mass is 942 g/mol. The van der Waals surface area contributed by atoms with E-state index in [9.17, 15) is 0 Å². The van der Waals surface area contributed by atoms with Crippen molar-refractivity contribution in [2.45, 2.75) is 0 Å². The van der Waals surface area contributed by atoms with Gasteiger partial charge in [0, 0.05) is 56.1 Å². The van der Waals surface area contributed by atoms with Gasteiger partial charge in [-0.05, 0) is 128 Å². The summed E-state index contributed by atoms with van der Waals surface area (Å²) < 4.78 is 42.2. The van der Waals surface area contributed by atoms with Crippen molar-refractivity contribution in [3.8, 4) is 44.5 Å². The summed E-state index contributed by atoms with van der Waals surface area (Å²) in [4.78, 5) is 4.00. The van der Waals surface area contributed by atoms with E-state index in [0.717, 1.165) is 94.0 Å². The van der Waals surface area contributed by atoms with Gasteiger partial charge in [0.25, 0.3) is 0 Å². The third-order valence-corrected chi connectivity index (χ3v) is 13.9. The van der Waals surface area contributed by atoms with Crippen LogP contribution in [0.3, 0.4) is 0 Å². The summed E-state index contributed by atoms with van der Waals surface area (Å²) in [5.41, 5.74) is 11.8. The smallest absolute Gasteiger partial charge is 0.155 e. The molecule has 12 aromatic carbocycles. The second kappa shape index (κ2) is 18.3. The maximum absolute atomic E-state index is 17.6. The zero-order valence-corrected chi connectivity index (χ0v) is 39.5. The largest absolute Gasteiger partial charge is 0.455 e. The number of rotatable bonds is 10. The third kappa shape index (κ3) is 7.75. The van der Waals surface area contributed by atoms with Crippen LogP contribution in [-0.4, -0.2) is 0 Å². The number of hydrogen-bond acceptors (Lipinski definition) is 3. The molecule has 0 aliphatic rings. The standard InChI is InChI=1S/C68H44F2N2O/c69-66-59(47-25-11-3-12-26-47)39-49(45-21-7-1-8-22-45)41-62(66)71(51-29-15-5-16-30-51)53-35-37-57-61(43-53)55-33-19-20-34-56(55)65-58-38-36-54(44-64(58)73-68(57)65)72(52-31-17-6-18-32-52)63-42-50(46-23-9-2-10-24-46)40-60(67(63)70)48-27-13-4-14-28-48/h1-44H. The molecule has 0 spiro atoms. The zero-order chi connectivity index (χ0) is 48.8. The van der Waals surface area contributed by atoms with Gasteiger partial charge in [-0.3, -0.25) is 0 Å². The molecule has 3 nitrogen and oxygen atoms in total. The summed E-state index contributed by atoms with van der Waals surface area (Å²) in [6, 6.07) is 88.3. The fraction of sp³-hybridized carbons (Fsp3) is 0. The van der Waals surface area contributed by atoms with Crippen molar-refractivity contribution >= 4 is 77.6 Å². The van der Waals surface area contributed by atoms with Crippen LogP contribution in [0.4, 0.5) is 42.9 Å². The van der Waals surface area contributed by atoms with Crippen molar-refractivity contribution in [2.75, 3.05) is 9.80 Å². The molecule has 13 rings (SSSR count). The first-order chi connectivity index (χ1) is 36.1. The van der Waals surface area contributed by atoms with E-state index in [1.54, 1.807) is 0 Å². The predicted octanol–water partition coefficient (Wildman–Crippen LogP) is 19.8. The van der Waals surface area contributed by atoms with E-state index in [-0.39, 0.29) is 11.6 Å². The Morgan fingerprint density at radius 2 is 0.671 bits per heavy atom. The maximum Gasteiger partial charge on any atom is 0.155 e. The van der Waals surface area contributed by atoms with Gasteiger partial charge in [0.15, 0.2) is 11.6 Å². The van der Waals surface area contributed by atoms with Gasteiger partial charge >= 0.3 is 0 Å². The summed E-state index contributed by atoms with van der Waals surface area (Å²) in [5, 5.41) is 5.87. The van der Waals surface area contributed by atoms with Gasteiger partial charge in [-0.1, -0.05) is 182 Å². The van der Waals surface area contributed by atoms with Gasteiger partial charge in [0.1, 0.15) is 11.2 Å². The van der Waals surface area contributed by atoms with Crippen LogP contribution in [0.5, 0.6) is 0 Å². The highest BCUT2D eigenvalue weighted by molar-refractivity contribution is 6.30. The minimum atomic E-state index is -0.334. The minimum Gasteiger partial charge on any atom is -0.455 e. The van der Waals surface area contributed by atoms with E-state index in [1.165, 1.54) is 0 Å². The van der Waals surface area contributed by atoms with E-state index in [4.69, 9.17) is 4.42 Å². The van der Waals surface area contributed by atoms with Crippen LogP contribution >= 0.6 is 0 Å². The molecule has 0 aliphatic heterocycles. The van der Waals surface area contributed by atoms with Gasteiger partial charge in [0.2, 0.25) is 0 Å². The SMILES string of the molecule is Fc1c(-c2ccccc2)cc(-c2ccccc2)cc1N(c1ccccc1)c1ccc2c(c1)oc1c3ccc(N(c4ccccc4)c4cc(-c5ccccc5)cc(-c5ccccc5)c4F)cc3c3ccccc3c21. The fourth-order valence-corrected chi connectivity index (χ4v) is 10.5. The van der Waals surface area contributed by atoms with Crippen LogP contribution < -0.4 is 9.80 Å². The molecule has 346 valence electrons. The van der Waals surface area contributed by atoms with Crippen LogP contribution in [0.2, 0.25) is 0 Å². The number of nitrogens with zero attached hydrogens (tertiary/aromatic N) is 2. The Hall–Kier alpha value is -9.58. The number of para-hydroxylation sites is 2. The van der Waals surface area contributed by atoms with Gasteiger partial charge in [-0.2, -0.15) is 0 Å². The molecule has 0 saturated carbocycles. The molecule has 1 aromatic heterocycles. The van der Waals surface area contributed by atoms with E-state index in [1.807, 2.05) is 198 Å². The van der Waals surface area contributed by atoms with Crippen molar-refractivity contribution in [1.29, 1.82) is 0 Å². The zero-order valence-electron chi connectivity index (χ0n) is 39.5. The molecule has 5 heteroatoms. The lowest BCUT2D eigenvalue weighted by atomic mass is 9.95. The number of anilines is 6. The van der Waals surface area contributed by atoms with Crippen molar-refractivity contribution in [3.63, 3.8) is 0 Å². The Morgan fingerprint density at radius 3 is 1.15 bits per heavy atom. The second-order valence-electron chi connectivity index (χ2n) is 18.3. The lowest BCUT2D eigenvalue weighted by Gasteiger charge is -2.28. The number of hydrogen-bond donors (Lipinski definition) is 0. The summed E-state index contributed by atoms with van der Waals surface area (Å²) in [5.74, 6) is -0.657. The molecule has 0 N–H and O–H groups in total. The molecule has 0 aliphatic carbocycles. The number of benzene rings is 12. The highest BCUT2D eigenvalue weighted by Crippen LogP contribution is 2.48. The van der Waals surface area contributed by atoms with Crippen LogP contribution in [0.1, 0.15) is 0 Å². The Morgan fingerprint density at radius 1 is 0.274 bits per heavy atom. The predicted molar refractivity (Wildman–Crippen MR) is 300 cm³/mol. The first-order valence-electron chi connectivity index (χ1n) is 24.5. The molecule has 1 heterocycles. The van der Waals surface area contributed by atoms with Crippen LogP contribution in [0.25, 0.3) is 88.0 Å². The van der Waals surface area contributed by atoms with E-state index >= 15 is 8.78 Å². The Kier molecular flexibility index (Phi) is 10.9. The summed E-state index contributed by atoms with van der Waals surface area (Å²) in [6.07, 6.45) is 0. The molecule has 73 heavy (non-hydrogen) atoms. The minimum absolute atomic E-state index is 0.323. The lowest BCUT2D eigenvalue weighted by molar-refractivity contribution is 0.632. The topological polar surface area (TPSA) is 19.6 Å². The number of halogens is 2. The van der Waals surface area contributed by atoms with Gasteiger partial charge in [-0.15, -0.1) is 0 Å². The number of furan rings is 1. The molecule has 0 amide bonds. The first kappa shape index (κ1) is 43.4. The Balaban J connectivity index is 1.01.